The molecule has 0 saturated carbocycles. The third-order valence-electron chi connectivity index (χ3n) is 4.68. The summed E-state index contributed by atoms with van der Waals surface area (Å²) in [6.45, 7) is 2.53. The van der Waals surface area contributed by atoms with Crippen molar-refractivity contribution in [2.24, 2.45) is 0 Å². The molecule has 8 nitrogen and oxygen atoms in total. The molecule has 26 heavy (non-hydrogen) atoms. The fourth-order valence-corrected chi connectivity index (χ4v) is 3.53. The number of rotatable bonds is 4. The van der Waals surface area contributed by atoms with Gasteiger partial charge in [0.05, 0.1) is 6.54 Å². The van der Waals surface area contributed by atoms with Gasteiger partial charge in [-0.3, -0.25) is 4.98 Å². The summed E-state index contributed by atoms with van der Waals surface area (Å²) in [6.07, 6.45) is 9.73. The Morgan fingerprint density at radius 1 is 1.19 bits per heavy atom. The van der Waals surface area contributed by atoms with Crippen LogP contribution in [0.5, 0.6) is 0 Å². The number of imidazole rings is 1. The number of anilines is 3. The van der Waals surface area contributed by atoms with Crippen LogP contribution >= 0.6 is 0 Å². The minimum atomic E-state index is 0.209. The Kier molecular flexibility index (Phi) is 4.39. The first-order valence-corrected chi connectivity index (χ1v) is 8.74. The van der Waals surface area contributed by atoms with Gasteiger partial charge in [0.15, 0.2) is 0 Å². The van der Waals surface area contributed by atoms with Gasteiger partial charge in [0.1, 0.15) is 17.5 Å². The molecule has 1 aliphatic heterocycles. The Balaban J connectivity index is 1.54. The largest absolute Gasteiger partial charge is 0.383 e. The highest BCUT2D eigenvalue weighted by Gasteiger charge is 2.26. The van der Waals surface area contributed by atoms with Crippen LogP contribution in [0, 0.1) is 0 Å². The van der Waals surface area contributed by atoms with Gasteiger partial charge in [-0.05, 0) is 24.5 Å². The molecule has 1 atom stereocenters. The lowest BCUT2D eigenvalue weighted by atomic mass is 9.97. The SMILES string of the molecule is Nc1cc(N2CCC[C@@H](c3nccn3Cc3cccnc3)C2)nc(N)n1. The van der Waals surface area contributed by atoms with Gasteiger partial charge in [-0.1, -0.05) is 6.07 Å². The maximum atomic E-state index is 5.83. The smallest absolute Gasteiger partial charge is 0.223 e. The van der Waals surface area contributed by atoms with Crippen molar-refractivity contribution >= 4 is 17.6 Å². The maximum Gasteiger partial charge on any atom is 0.223 e. The minimum Gasteiger partial charge on any atom is -0.383 e. The number of hydrogen-bond donors (Lipinski definition) is 2. The summed E-state index contributed by atoms with van der Waals surface area (Å²) < 4.78 is 2.20. The molecular weight excluding hydrogens is 328 g/mol. The molecule has 4 heterocycles. The van der Waals surface area contributed by atoms with E-state index in [4.69, 9.17) is 11.5 Å². The third kappa shape index (κ3) is 3.44. The summed E-state index contributed by atoms with van der Waals surface area (Å²) in [5.41, 5.74) is 12.7. The van der Waals surface area contributed by atoms with Crippen LogP contribution in [0.1, 0.15) is 30.1 Å². The van der Waals surface area contributed by atoms with E-state index >= 15 is 0 Å². The van der Waals surface area contributed by atoms with Crippen LogP contribution in [-0.2, 0) is 6.54 Å². The molecule has 3 aromatic rings. The molecule has 0 bridgehead atoms. The monoisotopic (exact) mass is 350 g/mol. The van der Waals surface area contributed by atoms with Crippen LogP contribution in [0.3, 0.4) is 0 Å². The lowest BCUT2D eigenvalue weighted by Gasteiger charge is -2.33. The van der Waals surface area contributed by atoms with Gasteiger partial charge in [0.2, 0.25) is 5.95 Å². The van der Waals surface area contributed by atoms with Crippen LogP contribution in [0.25, 0.3) is 0 Å². The molecule has 134 valence electrons. The van der Waals surface area contributed by atoms with Gasteiger partial charge < -0.3 is 20.9 Å². The van der Waals surface area contributed by atoms with Crippen molar-refractivity contribution in [1.29, 1.82) is 0 Å². The van der Waals surface area contributed by atoms with E-state index in [0.717, 1.165) is 49.7 Å². The number of nitrogen functional groups attached to an aromatic ring is 2. The highest BCUT2D eigenvalue weighted by molar-refractivity contribution is 5.50. The first kappa shape index (κ1) is 16.3. The van der Waals surface area contributed by atoms with Crippen LogP contribution in [-0.4, -0.2) is 37.6 Å². The van der Waals surface area contributed by atoms with Crippen LogP contribution in [0.15, 0.2) is 43.0 Å². The van der Waals surface area contributed by atoms with Crippen molar-refractivity contribution in [2.45, 2.75) is 25.3 Å². The summed E-state index contributed by atoms with van der Waals surface area (Å²) in [6, 6.07) is 5.81. The summed E-state index contributed by atoms with van der Waals surface area (Å²) in [4.78, 5) is 19.3. The van der Waals surface area contributed by atoms with Crippen molar-refractivity contribution in [1.82, 2.24) is 24.5 Å². The Morgan fingerprint density at radius 3 is 2.92 bits per heavy atom. The van der Waals surface area contributed by atoms with E-state index in [1.165, 1.54) is 0 Å². The molecule has 3 aromatic heterocycles. The van der Waals surface area contributed by atoms with Gasteiger partial charge >= 0.3 is 0 Å². The van der Waals surface area contributed by atoms with Crippen molar-refractivity contribution in [3.8, 4) is 0 Å². The minimum absolute atomic E-state index is 0.209. The first-order chi connectivity index (χ1) is 12.7. The Hall–Kier alpha value is -3.16. The van der Waals surface area contributed by atoms with E-state index in [2.05, 4.69) is 35.5 Å². The van der Waals surface area contributed by atoms with Gasteiger partial charge in [0.25, 0.3) is 0 Å². The zero-order chi connectivity index (χ0) is 17.9. The number of nitrogens with two attached hydrogens (primary N) is 2. The zero-order valence-electron chi connectivity index (χ0n) is 14.5. The molecule has 1 fully saturated rings. The van der Waals surface area contributed by atoms with E-state index in [0.29, 0.717) is 11.7 Å². The second kappa shape index (κ2) is 6.99. The number of hydrogen-bond acceptors (Lipinski definition) is 7. The van der Waals surface area contributed by atoms with Crippen molar-refractivity contribution in [2.75, 3.05) is 29.5 Å². The highest BCUT2D eigenvalue weighted by Crippen LogP contribution is 2.29. The quantitative estimate of drug-likeness (QED) is 0.736. The standard InChI is InChI=1S/C18H22N8/c19-15-9-16(24-18(20)23-15)25-7-2-4-14(12-25)17-22-6-8-26(17)11-13-3-1-5-21-10-13/h1,3,5-6,8-10,14H,2,4,7,11-12H2,(H4,19,20,23,24)/t14-/m1/s1. The highest BCUT2D eigenvalue weighted by atomic mass is 15.2. The average molecular weight is 350 g/mol. The summed E-state index contributed by atoms with van der Waals surface area (Å²) in [5, 5.41) is 0. The topological polar surface area (TPSA) is 112 Å². The Labute approximate surface area is 151 Å². The number of aromatic nitrogens is 5. The molecule has 0 aromatic carbocycles. The Bertz CT molecular complexity index is 856. The maximum absolute atomic E-state index is 5.83. The van der Waals surface area contributed by atoms with Crippen molar-refractivity contribution < 1.29 is 0 Å². The van der Waals surface area contributed by atoms with E-state index in [1.807, 2.05) is 24.7 Å². The fourth-order valence-electron chi connectivity index (χ4n) is 3.53. The zero-order valence-corrected chi connectivity index (χ0v) is 14.5. The molecule has 4 N–H and O–H groups in total. The molecule has 0 spiro atoms. The van der Waals surface area contributed by atoms with Gasteiger partial charge in [-0.25, -0.2) is 4.98 Å². The third-order valence-corrected chi connectivity index (χ3v) is 4.68. The molecule has 0 amide bonds. The van der Waals surface area contributed by atoms with Crippen molar-refractivity contribution in [3.05, 3.63) is 54.4 Å². The van der Waals surface area contributed by atoms with E-state index in [-0.39, 0.29) is 5.95 Å². The molecule has 8 heteroatoms. The van der Waals surface area contributed by atoms with E-state index in [9.17, 15) is 0 Å². The van der Waals surface area contributed by atoms with Crippen LogP contribution < -0.4 is 16.4 Å². The lowest BCUT2D eigenvalue weighted by molar-refractivity contribution is 0.474. The van der Waals surface area contributed by atoms with E-state index < -0.39 is 0 Å². The molecule has 1 aliphatic rings. The second-order valence-corrected chi connectivity index (χ2v) is 6.57. The van der Waals surface area contributed by atoms with Gasteiger partial charge in [0, 0.05) is 49.9 Å². The molecule has 1 saturated heterocycles. The predicted molar refractivity (Wildman–Crippen MR) is 101 cm³/mol. The molecular formula is C18H22N8. The molecule has 4 rings (SSSR count). The van der Waals surface area contributed by atoms with Crippen molar-refractivity contribution in [3.63, 3.8) is 0 Å². The van der Waals surface area contributed by atoms with Crippen LogP contribution in [0.2, 0.25) is 0 Å². The lowest BCUT2D eigenvalue weighted by Crippen LogP contribution is -2.36. The Morgan fingerprint density at radius 2 is 2.12 bits per heavy atom. The number of pyridine rings is 1. The molecule has 0 unspecified atom stereocenters. The average Bonchev–Trinajstić information content (AvgIpc) is 3.10. The number of nitrogens with zero attached hydrogens (tertiary/aromatic N) is 6. The van der Waals surface area contributed by atoms with Gasteiger partial charge in [-0.15, -0.1) is 0 Å². The number of piperidine rings is 1. The summed E-state index contributed by atoms with van der Waals surface area (Å²) >= 11 is 0. The normalized spacial score (nSPS) is 17.4. The fraction of sp³-hybridized carbons (Fsp3) is 0.333. The first-order valence-electron chi connectivity index (χ1n) is 8.74. The van der Waals surface area contributed by atoms with Gasteiger partial charge in [-0.2, -0.15) is 9.97 Å². The second-order valence-electron chi connectivity index (χ2n) is 6.57. The summed E-state index contributed by atoms with van der Waals surface area (Å²) in [5.74, 6) is 2.80. The van der Waals surface area contributed by atoms with Crippen LogP contribution in [0.4, 0.5) is 17.6 Å². The predicted octanol–water partition coefficient (Wildman–Crippen LogP) is 1.66. The molecule has 0 aliphatic carbocycles. The summed E-state index contributed by atoms with van der Waals surface area (Å²) in [7, 11) is 0. The van der Waals surface area contributed by atoms with E-state index in [1.54, 1.807) is 12.3 Å². The molecule has 0 radical (unpaired) electrons.